The van der Waals surface area contributed by atoms with Crippen LogP contribution in [0, 0.1) is 27.7 Å². The summed E-state index contributed by atoms with van der Waals surface area (Å²) in [6.45, 7) is 12.2. The van der Waals surface area contributed by atoms with Crippen molar-refractivity contribution in [1.82, 2.24) is 4.98 Å². The fraction of sp³-hybridized carbons (Fsp3) is 0.414. The molecule has 4 rings (SSSR count). The standard InChI is InChI=1S/C29H37N3/c1-6-17-30-25-14-11-23(12-15-25)28-19(2)21(4)29(22(5)20(28)3)24-13-16-27(31-18-24)32-26-9-7-8-10-26/h11-16,18,26,30H,6-10,17H2,1-5H3,(H,31,32). The van der Waals surface area contributed by atoms with Gasteiger partial charge in [-0.05, 0) is 110 Å². The molecule has 2 N–H and O–H groups in total. The van der Waals surface area contributed by atoms with Gasteiger partial charge in [-0.1, -0.05) is 31.9 Å². The molecule has 3 heteroatoms. The van der Waals surface area contributed by atoms with E-state index < -0.39 is 0 Å². The second-order valence-corrected chi connectivity index (χ2v) is 9.31. The average molecular weight is 428 g/mol. The summed E-state index contributed by atoms with van der Waals surface area (Å²) in [6.07, 6.45) is 8.36. The minimum Gasteiger partial charge on any atom is -0.385 e. The van der Waals surface area contributed by atoms with Gasteiger partial charge in [-0.25, -0.2) is 4.98 Å². The largest absolute Gasteiger partial charge is 0.385 e. The van der Waals surface area contributed by atoms with Crippen molar-refractivity contribution in [3.8, 4) is 22.3 Å². The lowest BCUT2D eigenvalue weighted by Gasteiger charge is -2.21. The number of benzene rings is 2. The molecular weight excluding hydrogens is 390 g/mol. The first kappa shape index (κ1) is 22.4. The molecule has 1 saturated carbocycles. The van der Waals surface area contributed by atoms with E-state index in [0.29, 0.717) is 6.04 Å². The molecule has 0 spiro atoms. The fourth-order valence-corrected chi connectivity index (χ4v) is 5.11. The van der Waals surface area contributed by atoms with Crippen LogP contribution in [0.4, 0.5) is 11.5 Å². The normalized spacial score (nSPS) is 14.0. The molecule has 168 valence electrons. The lowest BCUT2D eigenvalue weighted by atomic mass is 9.84. The Balaban J connectivity index is 1.65. The molecule has 0 amide bonds. The van der Waals surface area contributed by atoms with Gasteiger partial charge in [0.15, 0.2) is 0 Å². The third-order valence-electron chi connectivity index (χ3n) is 7.14. The van der Waals surface area contributed by atoms with Gasteiger partial charge in [-0.2, -0.15) is 0 Å². The molecule has 0 radical (unpaired) electrons. The SMILES string of the molecule is CCCNc1ccc(-c2c(C)c(C)c(-c3ccc(NC4CCCC4)nc3)c(C)c2C)cc1. The molecule has 1 heterocycles. The molecule has 1 fully saturated rings. The summed E-state index contributed by atoms with van der Waals surface area (Å²) in [5, 5.41) is 7.07. The van der Waals surface area contributed by atoms with Crippen molar-refractivity contribution in [2.24, 2.45) is 0 Å². The van der Waals surface area contributed by atoms with E-state index in [9.17, 15) is 0 Å². The van der Waals surface area contributed by atoms with Crippen molar-refractivity contribution >= 4 is 11.5 Å². The van der Waals surface area contributed by atoms with Gasteiger partial charge in [0, 0.05) is 30.0 Å². The van der Waals surface area contributed by atoms with Crippen LogP contribution in [0.15, 0.2) is 42.6 Å². The molecule has 3 aromatic rings. The molecule has 0 saturated heterocycles. The summed E-state index contributed by atoms with van der Waals surface area (Å²) in [5.74, 6) is 0.998. The first-order valence-electron chi connectivity index (χ1n) is 12.2. The monoisotopic (exact) mass is 427 g/mol. The number of anilines is 2. The van der Waals surface area contributed by atoms with E-state index in [2.05, 4.69) is 81.7 Å². The van der Waals surface area contributed by atoms with Crippen molar-refractivity contribution in [2.45, 2.75) is 72.8 Å². The summed E-state index contributed by atoms with van der Waals surface area (Å²) in [6, 6.07) is 13.8. The minimum absolute atomic E-state index is 0.587. The number of hydrogen-bond acceptors (Lipinski definition) is 3. The van der Waals surface area contributed by atoms with Crippen molar-refractivity contribution in [3.63, 3.8) is 0 Å². The number of aromatic nitrogens is 1. The van der Waals surface area contributed by atoms with Gasteiger partial charge in [0.1, 0.15) is 5.82 Å². The summed E-state index contributed by atoms with van der Waals surface area (Å²) in [7, 11) is 0. The molecule has 2 aromatic carbocycles. The predicted molar refractivity (Wildman–Crippen MR) is 139 cm³/mol. The van der Waals surface area contributed by atoms with Gasteiger partial charge < -0.3 is 10.6 Å². The van der Waals surface area contributed by atoms with E-state index in [1.807, 2.05) is 6.20 Å². The van der Waals surface area contributed by atoms with E-state index in [4.69, 9.17) is 4.98 Å². The van der Waals surface area contributed by atoms with Crippen LogP contribution in [0.2, 0.25) is 0 Å². The Labute approximate surface area is 193 Å². The molecule has 1 aromatic heterocycles. The van der Waals surface area contributed by atoms with Gasteiger partial charge in [-0.15, -0.1) is 0 Å². The summed E-state index contributed by atoms with van der Waals surface area (Å²) >= 11 is 0. The molecule has 32 heavy (non-hydrogen) atoms. The Kier molecular flexibility index (Phi) is 6.83. The Bertz CT molecular complexity index is 1030. The zero-order valence-corrected chi connectivity index (χ0v) is 20.3. The quantitative estimate of drug-likeness (QED) is 0.403. The Hall–Kier alpha value is -2.81. The van der Waals surface area contributed by atoms with Crippen LogP contribution in [0.25, 0.3) is 22.3 Å². The average Bonchev–Trinajstić information content (AvgIpc) is 3.32. The number of hydrogen-bond donors (Lipinski definition) is 2. The number of pyridine rings is 1. The van der Waals surface area contributed by atoms with Crippen molar-refractivity contribution in [2.75, 3.05) is 17.2 Å². The topological polar surface area (TPSA) is 37.0 Å². The second kappa shape index (κ2) is 9.77. The van der Waals surface area contributed by atoms with Gasteiger partial charge in [-0.3, -0.25) is 0 Å². The fourth-order valence-electron chi connectivity index (χ4n) is 5.11. The highest BCUT2D eigenvalue weighted by Gasteiger charge is 2.18. The van der Waals surface area contributed by atoms with Crippen molar-refractivity contribution < 1.29 is 0 Å². The maximum Gasteiger partial charge on any atom is 0.126 e. The third-order valence-corrected chi connectivity index (χ3v) is 7.14. The first-order valence-corrected chi connectivity index (χ1v) is 12.2. The van der Waals surface area contributed by atoms with E-state index in [1.54, 1.807) is 0 Å². The number of rotatable bonds is 7. The highest BCUT2D eigenvalue weighted by atomic mass is 15.0. The van der Waals surface area contributed by atoms with E-state index >= 15 is 0 Å². The highest BCUT2D eigenvalue weighted by Crippen LogP contribution is 2.39. The van der Waals surface area contributed by atoms with Gasteiger partial charge in [0.05, 0.1) is 0 Å². The highest BCUT2D eigenvalue weighted by molar-refractivity contribution is 5.83. The van der Waals surface area contributed by atoms with Crippen LogP contribution in [-0.2, 0) is 0 Å². The van der Waals surface area contributed by atoms with E-state index in [0.717, 1.165) is 18.8 Å². The molecule has 0 aliphatic heterocycles. The summed E-state index contributed by atoms with van der Waals surface area (Å²) < 4.78 is 0. The third kappa shape index (κ3) is 4.53. The number of nitrogens with one attached hydrogen (secondary N) is 2. The van der Waals surface area contributed by atoms with Gasteiger partial charge >= 0.3 is 0 Å². The smallest absolute Gasteiger partial charge is 0.126 e. The van der Waals surface area contributed by atoms with Crippen LogP contribution in [0.5, 0.6) is 0 Å². The summed E-state index contributed by atoms with van der Waals surface area (Å²) in [4.78, 5) is 4.76. The zero-order chi connectivity index (χ0) is 22.7. The lowest BCUT2D eigenvalue weighted by molar-refractivity contribution is 0.750. The summed E-state index contributed by atoms with van der Waals surface area (Å²) in [5.41, 5.74) is 11.7. The molecule has 1 aliphatic carbocycles. The molecule has 3 nitrogen and oxygen atoms in total. The van der Waals surface area contributed by atoms with Crippen LogP contribution < -0.4 is 10.6 Å². The predicted octanol–water partition coefficient (Wildman–Crippen LogP) is 7.83. The zero-order valence-electron chi connectivity index (χ0n) is 20.3. The van der Waals surface area contributed by atoms with Gasteiger partial charge in [0.2, 0.25) is 0 Å². The molecule has 0 atom stereocenters. The van der Waals surface area contributed by atoms with Crippen molar-refractivity contribution in [1.29, 1.82) is 0 Å². The van der Waals surface area contributed by atoms with Crippen molar-refractivity contribution in [3.05, 3.63) is 64.8 Å². The minimum atomic E-state index is 0.587. The first-order chi connectivity index (χ1) is 15.5. The Morgan fingerprint density at radius 3 is 1.88 bits per heavy atom. The maximum atomic E-state index is 4.76. The van der Waals surface area contributed by atoms with Crippen LogP contribution in [0.3, 0.4) is 0 Å². The number of nitrogens with zero attached hydrogens (tertiary/aromatic N) is 1. The van der Waals surface area contributed by atoms with Gasteiger partial charge in [0.25, 0.3) is 0 Å². The van der Waals surface area contributed by atoms with Crippen LogP contribution >= 0.6 is 0 Å². The second-order valence-electron chi connectivity index (χ2n) is 9.31. The maximum absolute atomic E-state index is 4.76. The molecule has 1 aliphatic rings. The van der Waals surface area contributed by atoms with Crippen LogP contribution in [-0.4, -0.2) is 17.6 Å². The molecular formula is C29H37N3. The molecule has 0 unspecified atom stereocenters. The van der Waals surface area contributed by atoms with Crippen LogP contribution in [0.1, 0.15) is 61.3 Å². The van der Waals surface area contributed by atoms with E-state index in [-0.39, 0.29) is 0 Å². The molecule has 0 bridgehead atoms. The van der Waals surface area contributed by atoms with E-state index in [1.165, 1.54) is 75.9 Å². The Morgan fingerprint density at radius 1 is 0.781 bits per heavy atom. The lowest BCUT2D eigenvalue weighted by Crippen LogP contribution is -2.15. The Morgan fingerprint density at radius 2 is 1.34 bits per heavy atom.